The van der Waals surface area contributed by atoms with Crippen molar-refractivity contribution in [2.24, 2.45) is 5.92 Å². The zero-order valence-corrected chi connectivity index (χ0v) is 14.9. The zero-order chi connectivity index (χ0) is 16.8. The Bertz CT molecular complexity index is 540. The number of benzene rings is 1. The summed E-state index contributed by atoms with van der Waals surface area (Å²) in [6, 6.07) is 8.33. The van der Waals surface area contributed by atoms with Gasteiger partial charge in [-0.15, -0.1) is 0 Å². The monoisotopic (exact) mass is 331 g/mol. The first kappa shape index (κ1) is 17.3. The summed E-state index contributed by atoms with van der Waals surface area (Å²) in [5.74, 6) is 1.62. The van der Waals surface area contributed by atoms with Crippen molar-refractivity contribution < 1.29 is 14.4 Å². The number of carbonyl (C=O) groups excluding carboxylic acids is 1. The van der Waals surface area contributed by atoms with E-state index in [1.807, 2.05) is 13.0 Å². The molecule has 2 aliphatic heterocycles. The second kappa shape index (κ2) is 8.52. The Kier molecular flexibility index (Phi) is 6.13. The number of likely N-dealkylation sites (tertiary alicyclic amines) is 2. The first-order valence-electron chi connectivity index (χ1n) is 9.61. The van der Waals surface area contributed by atoms with Gasteiger partial charge in [-0.25, -0.2) is 0 Å². The summed E-state index contributed by atoms with van der Waals surface area (Å²) in [5, 5.41) is 0. The largest absolute Gasteiger partial charge is 0.493 e. The molecule has 2 atom stereocenters. The van der Waals surface area contributed by atoms with Crippen molar-refractivity contribution in [1.82, 2.24) is 4.90 Å². The van der Waals surface area contributed by atoms with Gasteiger partial charge in [0.2, 0.25) is 5.91 Å². The molecule has 0 aliphatic carbocycles. The van der Waals surface area contributed by atoms with Crippen LogP contribution >= 0.6 is 0 Å². The van der Waals surface area contributed by atoms with E-state index in [4.69, 9.17) is 4.74 Å². The first-order chi connectivity index (χ1) is 11.8. The fourth-order valence-electron chi connectivity index (χ4n) is 4.11. The van der Waals surface area contributed by atoms with E-state index >= 15 is 0 Å². The maximum atomic E-state index is 12.8. The summed E-state index contributed by atoms with van der Waals surface area (Å²) < 4.78 is 5.76. The van der Waals surface area contributed by atoms with Crippen LogP contribution in [0.3, 0.4) is 0 Å². The van der Waals surface area contributed by atoms with Crippen LogP contribution in [-0.4, -0.2) is 43.6 Å². The van der Waals surface area contributed by atoms with Crippen molar-refractivity contribution >= 4 is 5.91 Å². The second-order valence-corrected chi connectivity index (χ2v) is 7.15. The van der Waals surface area contributed by atoms with Crippen molar-refractivity contribution in [2.75, 3.05) is 32.8 Å². The van der Waals surface area contributed by atoms with E-state index in [1.54, 1.807) is 0 Å². The van der Waals surface area contributed by atoms with Gasteiger partial charge < -0.3 is 14.5 Å². The third-order valence-corrected chi connectivity index (χ3v) is 5.35. The average molecular weight is 331 g/mol. The van der Waals surface area contributed by atoms with Crippen LogP contribution in [0.4, 0.5) is 0 Å². The Labute approximate surface area is 145 Å². The highest BCUT2D eigenvalue weighted by Gasteiger charge is 2.32. The second-order valence-electron chi connectivity index (χ2n) is 7.15. The lowest BCUT2D eigenvalue weighted by Crippen LogP contribution is -3.12. The third-order valence-electron chi connectivity index (χ3n) is 5.35. The molecular formula is C20H31N2O2+. The number of carbonyl (C=O) groups is 1. The van der Waals surface area contributed by atoms with Crippen LogP contribution in [0.5, 0.6) is 5.75 Å². The van der Waals surface area contributed by atoms with E-state index in [-0.39, 0.29) is 5.92 Å². The van der Waals surface area contributed by atoms with Gasteiger partial charge in [0.25, 0.3) is 0 Å². The molecular weight excluding hydrogens is 300 g/mol. The fraction of sp³-hybridized carbons (Fsp3) is 0.650. The summed E-state index contributed by atoms with van der Waals surface area (Å²) in [6.45, 7) is 7.75. The number of ether oxygens (including phenoxy) is 1. The third kappa shape index (κ3) is 4.29. The maximum absolute atomic E-state index is 12.8. The van der Waals surface area contributed by atoms with Gasteiger partial charge in [-0.1, -0.05) is 12.1 Å². The number of hydrogen-bond acceptors (Lipinski definition) is 2. The molecule has 0 aromatic heterocycles. The molecule has 1 amide bonds. The number of para-hydroxylation sites is 1. The summed E-state index contributed by atoms with van der Waals surface area (Å²) in [7, 11) is 0. The molecule has 1 unspecified atom stereocenters. The highest BCUT2D eigenvalue weighted by Crippen LogP contribution is 2.19. The van der Waals surface area contributed by atoms with Crippen molar-refractivity contribution in [1.29, 1.82) is 0 Å². The molecule has 2 heterocycles. The van der Waals surface area contributed by atoms with E-state index in [1.165, 1.54) is 29.7 Å². The molecule has 24 heavy (non-hydrogen) atoms. The molecule has 2 saturated heterocycles. The minimum atomic E-state index is 0.214. The van der Waals surface area contributed by atoms with Gasteiger partial charge >= 0.3 is 0 Å². The minimum absolute atomic E-state index is 0.214. The Morgan fingerprint density at radius 2 is 2.00 bits per heavy atom. The Balaban J connectivity index is 1.60. The maximum Gasteiger partial charge on any atom is 0.231 e. The van der Waals surface area contributed by atoms with Gasteiger partial charge in [0.1, 0.15) is 12.3 Å². The number of piperidine rings is 2. The summed E-state index contributed by atoms with van der Waals surface area (Å²) in [4.78, 5) is 16.4. The number of quaternary nitrogens is 1. The Hall–Kier alpha value is -1.55. The van der Waals surface area contributed by atoms with Crippen molar-refractivity contribution in [3.8, 4) is 5.75 Å². The fourth-order valence-corrected chi connectivity index (χ4v) is 4.11. The summed E-state index contributed by atoms with van der Waals surface area (Å²) in [5.41, 5.74) is 1.26. The minimum Gasteiger partial charge on any atom is -0.493 e. The van der Waals surface area contributed by atoms with Crippen molar-refractivity contribution in [2.45, 2.75) is 45.6 Å². The first-order valence-corrected chi connectivity index (χ1v) is 9.61. The molecule has 0 radical (unpaired) electrons. The van der Waals surface area contributed by atoms with Gasteiger partial charge in [-0.2, -0.15) is 0 Å². The van der Waals surface area contributed by atoms with E-state index < -0.39 is 0 Å². The standard InChI is InChI=1S/C20H30N2O2/c1-2-24-19-11-5-4-9-17(19)15-21-12-8-10-18(16-21)20(23)22-13-6-3-7-14-22/h4-5,9,11,18H,2-3,6-8,10,12-16H2,1H3/p+1/t18-/m0/s1. The van der Waals surface area contributed by atoms with Crippen LogP contribution in [0.1, 0.15) is 44.6 Å². The van der Waals surface area contributed by atoms with Crippen molar-refractivity contribution in [3.05, 3.63) is 29.8 Å². The van der Waals surface area contributed by atoms with Crippen LogP contribution in [-0.2, 0) is 11.3 Å². The molecule has 0 bridgehead atoms. The summed E-state index contributed by atoms with van der Waals surface area (Å²) in [6.07, 6.45) is 5.84. The quantitative estimate of drug-likeness (QED) is 0.894. The average Bonchev–Trinajstić information content (AvgIpc) is 2.64. The molecule has 1 N–H and O–H groups in total. The van der Waals surface area contributed by atoms with Crippen molar-refractivity contribution in [3.63, 3.8) is 0 Å². The van der Waals surface area contributed by atoms with Crippen LogP contribution in [0.2, 0.25) is 0 Å². The summed E-state index contributed by atoms with van der Waals surface area (Å²) >= 11 is 0. The highest BCUT2D eigenvalue weighted by atomic mass is 16.5. The smallest absolute Gasteiger partial charge is 0.231 e. The van der Waals surface area contributed by atoms with Gasteiger partial charge in [-0.3, -0.25) is 4.79 Å². The predicted octanol–water partition coefficient (Wildman–Crippen LogP) is 1.89. The van der Waals surface area contributed by atoms with E-state index in [2.05, 4.69) is 23.1 Å². The lowest BCUT2D eigenvalue weighted by molar-refractivity contribution is -0.921. The number of nitrogens with one attached hydrogen (secondary N) is 1. The number of nitrogens with zero attached hydrogens (tertiary/aromatic N) is 1. The Morgan fingerprint density at radius 1 is 1.21 bits per heavy atom. The van der Waals surface area contributed by atoms with Gasteiger partial charge in [0.15, 0.2) is 0 Å². The zero-order valence-electron chi connectivity index (χ0n) is 14.9. The highest BCUT2D eigenvalue weighted by molar-refractivity contribution is 5.79. The predicted molar refractivity (Wildman–Crippen MR) is 95.2 cm³/mol. The molecule has 1 aromatic carbocycles. The molecule has 2 aliphatic rings. The molecule has 3 rings (SSSR count). The molecule has 0 spiro atoms. The Morgan fingerprint density at radius 3 is 2.79 bits per heavy atom. The molecule has 4 heteroatoms. The molecule has 0 saturated carbocycles. The number of amides is 1. The van der Waals surface area contributed by atoms with Gasteiger partial charge in [0.05, 0.1) is 25.6 Å². The molecule has 132 valence electrons. The van der Waals surface area contributed by atoms with Gasteiger partial charge in [-0.05, 0) is 51.2 Å². The topological polar surface area (TPSA) is 34.0 Å². The molecule has 2 fully saturated rings. The molecule has 1 aromatic rings. The van der Waals surface area contributed by atoms with Crippen LogP contribution in [0.15, 0.2) is 24.3 Å². The van der Waals surface area contributed by atoms with Crippen LogP contribution < -0.4 is 9.64 Å². The van der Waals surface area contributed by atoms with E-state index in [9.17, 15) is 4.79 Å². The SMILES string of the molecule is CCOc1ccccc1C[NH+]1CCC[C@H](C(=O)N2CCCCC2)C1. The van der Waals surface area contributed by atoms with Crippen LogP contribution in [0.25, 0.3) is 0 Å². The normalized spacial score (nSPS) is 24.6. The van der Waals surface area contributed by atoms with Crippen LogP contribution in [0, 0.1) is 5.92 Å². The lowest BCUT2D eigenvalue weighted by atomic mass is 9.95. The number of rotatable bonds is 5. The number of hydrogen-bond donors (Lipinski definition) is 1. The van der Waals surface area contributed by atoms with E-state index in [0.717, 1.165) is 51.3 Å². The lowest BCUT2D eigenvalue weighted by Gasteiger charge is -2.34. The molecule has 4 nitrogen and oxygen atoms in total. The van der Waals surface area contributed by atoms with E-state index in [0.29, 0.717) is 12.5 Å². The van der Waals surface area contributed by atoms with Gasteiger partial charge in [0, 0.05) is 18.7 Å².